The number of aromatic nitrogens is 2. The van der Waals surface area contributed by atoms with E-state index >= 15 is 0 Å². The largest absolute Gasteiger partial charge is 0.369 e. The van der Waals surface area contributed by atoms with Crippen LogP contribution in [-0.2, 0) is 17.9 Å². The molecule has 8 heteroatoms. The summed E-state index contributed by atoms with van der Waals surface area (Å²) in [6, 6.07) is 16.6. The molecule has 3 heterocycles. The number of guanidine groups is 1. The van der Waals surface area contributed by atoms with Gasteiger partial charge in [0.2, 0.25) is 5.91 Å². The van der Waals surface area contributed by atoms with Gasteiger partial charge in [-0.25, -0.2) is 4.99 Å². The SMILES string of the molecule is CC(C)[C@]1(C)CC(=O)N(C(c2ccccc2)c2cccc(C(=O)N3Cc4nccnc4C3)c2)C(N)=N1. The Kier molecular flexibility index (Phi) is 6.04. The Hall–Kier alpha value is -4.07. The Balaban J connectivity index is 1.52. The van der Waals surface area contributed by atoms with Crippen LogP contribution in [-0.4, -0.2) is 43.1 Å². The fraction of sp³-hybridized carbons (Fsp3) is 0.321. The summed E-state index contributed by atoms with van der Waals surface area (Å²) in [6.07, 6.45) is 3.55. The van der Waals surface area contributed by atoms with Crippen molar-refractivity contribution in [3.63, 3.8) is 0 Å². The predicted molar refractivity (Wildman–Crippen MR) is 137 cm³/mol. The number of carbonyl (C=O) groups is 2. The second kappa shape index (κ2) is 9.18. The lowest BCUT2D eigenvalue weighted by Crippen LogP contribution is -2.53. The Morgan fingerprint density at radius 2 is 1.61 bits per heavy atom. The summed E-state index contributed by atoms with van der Waals surface area (Å²) in [7, 11) is 0. The number of carbonyl (C=O) groups excluding carboxylic acids is 2. The third kappa shape index (κ3) is 4.23. The third-order valence-corrected chi connectivity index (χ3v) is 7.29. The number of benzene rings is 2. The van der Waals surface area contributed by atoms with E-state index in [1.165, 1.54) is 0 Å². The van der Waals surface area contributed by atoms with Crippen molar-refractivity contribution in [2.45, 2.75) is 51.9 Å². The molecule has 184 valence electrons. The average molecular weight is 483 g/mol. The second-order valence-electron chi connectivity index (χ2n) is 9.97. The van der Waals surface area contributed by atoms with E-state index in [9.17, 15) is 9.59 Å². The third-order valence-electron chi connectivity index (χ3n) is 7.29. The Bertz CT molecular complexity index is 1310. The van der Waals surface area contributed by atoms with Crippen LogP contribution < -0.4 is 5.73 Å². The van der Waals surface area contributed by atoms with Gasteiger partial charge >= 0.3 is 0 Å². The summed E-state index contributed by atoms with van der Waals surface area (Å²) in [4.78, 5) is 43.7. The molecule has 2 aliphatic heterocycles. The Morgan fingerprint density at radius 3 is 2.22 bits per heavy atom. The Labute approximate surface area is 210 Å². The number of hydrogen-bond donors (Lipinski definition) is 1. The number of fused-ring (bicyclic) bond motifs is 1. The highest BCUT2D eigenvalue weighted by molar-refractivity contribution is 6.00. The van der Waals surface area contributed by atoms with Crippen LogP contribution in [0.5, 0.6) is 0 Å². The second-order valence-corrected chi connectivity index (χ2v) is 9.97. The van der Waals surface area contributed by atoms with Gasteiger partial charge in [-0.1, -0.05) is 56.3 Å². The molecule has 5 rings (SSSR count). The van der Waals surface area contributed by atoms with E-state index in [4.69, 9.17) is 10.7 Å². The minimum atomic E-state index is -0.552. The molecule has 3 aromatic rings. The van der Waals surface area contributed by atoms with Crippen LogP contribution in [0.2, 0.25) is 0 Å². The van der Waals surface area contributed by atoms with Crippen LogP contribution in [0.25, 0.3) is 0 Å². The molecule has 0 aliphatic carbocycles. The summed E-state index contributed by atoms with van der Waals surface area (Å²) >= 11 is 0. The summed E-state index contributed by atoms with van der Waals surface area (Å²) in [6.45, 7) is 6.91. The van der Waals surface area contributed by atoms with E-state index in [1.807, 2.05) is 69.3 Å². The zero-order valence-corrected chi connectivity index (χ0v) is 20.8. The predicted octanol–water partition coefficient (Wildman–Crippen LogP) is 3.68. The van der Waals surface area contributed by atoms with E-state index < -0.39 is 11.6 Å². The number of hydrogen-bond acceptors (Lipinski definition) is 6. The van der Waals surface area contributed by atoms with Crippen LogP contribution in [0.1, 0.15) is 66.1 Å². The highest BCUT2D eigenvalue weighted by Crippen LogP contribution is 2.36. The van der Waals surface area contributed by atoms with Gasteiger partial charge in [-0.2, -0.15) is 0 Å². The molecule has 2 aliphatic rings. The molecule has 0 saturated heterocycles. The maximum Gasteiger partial charge on any atom is 0.254 e. The molecule has 2 atom stereocenters. The minimum absolute atomic E-state index is 0.0866. The lowest BCUT2D eigenvalue weighted by atomic mass is 9.83. The summed E-state index contributed by atoms with van der Waals surface area (Å²) < 4.78 is 0. The smallest absolute Gasteiger partial charge is 0.254 e. The Morgan fingerprint density at radius 1 is 0.972 bits per heavy atom. The van der Waals surface area contributed by atoms with Crippen LogP contribution in [0.4, 0.5) is 0 Å². The lowest BCUT2D eigenvalue weighted by molar-refractivity contribution is -0.131. The standard InChI is InChI=1S/C28H30N6O2/c1-18(2)28(3)15-24(35)34(27(29)32-28)25(19-8-5-4-6-9-19)20-10-7-11-21(14-20)26(36)33-16-22-23(17-33)31-13-12-30-22/h4-14,18,25H,15-17H2,1-3H3,(H2,29,32)/t25?,28-/m0/s1. The van der Waals surface area contributed by atoms with Gasteiger partial charge in [0.1, 0.15) is 0 Å². The average Bonchev–Trinajstić information content (AvgIpc) is 3.30. The molecule has 2 N–H and O–H groups in total. The minimum Gasteiger partial charge on any atom is -0.369 e. The molecule has 0 bridgehead atoms. The monoisotopic (exact) mass is 482 g/mol. The fourth-order valence-corrected chi connectivity index (χ4v) is 4.85. The first-order valence-electron chi connectivity index (χ1n) is 12.2. The van der Waals surface area contributed by atoms with E-state index in [2.05, 4.69) is 9.97 Å². The van der Waals surface area contributed by atoms with Gasteiger partial charge in [-0.15, -0.1) is 0 Å². The van der Waals surface area contributed by atoms with Gasteiger partial charge in [0.25, 0.3) is 5.91 Å². The topological polar surface area (TPSA) is 105 Å². The van der Waals surface area contributed by atoms with E-state index in [1.54, 1.807) is 28.3 Å². The molecule has 0 spiro atoms. The van der Waals surface area contributed by atoms with Crippen molar-refractivity contribution in [2.75, 3.05) is 0 Å². The van der Waals surface area contributed by atoms with Crippen LogP contribution >= 0.6 is 0 Å². The highest BCUT2D eigenvalue weighted by atomic mass is 16.2. The zero-order valence-electron chi connectivity index (χ0n) is 20.8. The first kappa shape index (κ1) is 23.7. The van der Waals surface area contributed by atoms with Gasteiger partial charge in [0.05, 0.1) is 42.5 Å². The van der Waals surface area contributed by atoms with E-state index in [0.717, 1.165) is 22.5 Å². The van der Waals surface area contributed by atoms with E-state index in [-0.39, 0.29) is 30.1 Å². The molecule has 2 aromatic carbocycles. The molecule has 36 heavy (non-hydrogen) atoms. The van der Waals surface area contributed by atoms with Crippen molar-refractivity contribution >= 4 is 17.8 Å². The van der Waals surface area contributed by atoms with Crippen molar-refractivity contribution in [3.05, 3.63) is 95.1 Å². The zero-order chi connectivity index (χ0) is 25.4. The van der Waals surface area contributed by atoms with Crippen molar-refractivity contribution in [3.8, 4) is 0 Å². The molecule has 1 aromatic heterocycles. The lowest BCUT2D eigenvalue weighted by Gasteiger charge is -2.41. The molecule has 1 unspecified atom stereocenters. The maximum atomic E-state index is 13.5. The quantitative estimate of drug-likeness (QED) is 0.597. The van der Waals surface area contributed by atoms with E-state index in [0.29, 0.717) is 18.7 Å². The van der Waals surface area contributed by atoms with Crippen molar-refractivity contribution in [1.82, 2.24) is 19.8 Å². The fourth-order valence-electron chi connectivity index (χ4n) is 4.85. The molecule has 8 nitrogen and oxygen atoms in total. The van der Waals surface area contributed by atoms with Crippen LogP contribution in [0, 0.1) is 5.92 Å². The van der Waals surface area contributed by atoms with Gasteiger partial charge in [0.15, 0.2) is 5.96 Å². The van der Waals surface area contributed by atoms with Crippen molar-refractivity contribution in [1.29, 1.82) is 0 Å². The molecular formula is C28H30N6O2. The summed E-state index contributed by atoms with van der Waals surface area (Å²) in [5.41, 5.74) is 9.78. The van der Waals surface area contributed by atoms with Crippen LogP contribution in [0.15, 0.2) is 72.0 Å². The summed E-state index contributed by atoms with van der Waals surface area (Å²) in [5, 5.41) is 0. The van der Waals surface area contributed by atoms with Gasteiger partial charge in [-0.05, 0) is 36.1 Å². The maximum absolute atomic E-state index is 13.5. The molecular weight excluding hydrogens is 452 g/mol. The highest BCUT2D eigenvalue weighted by Gasteiger charge is 2.41. The number of rotatable bonds is 5. The number of aliphatic imine (C=N–C) groups is 1. The molecule has 2 amide bonds. The van der Waals surface area contributed by atoms with Gasteiger partial charge in [0, 0.05) is 18.0 Å². The first-order chi connectivity index (χ1) is 17.3. The van der Waals surface area contributed by atoms with Crippen molar-refractivity contribution in [2.24, 2.45) is 16.6 Å². The summed E-state index contributed by atoms with van der Waals surface area (Å²) in [5.74, 6) is 0.158. The van der Waals surface area contributed by atoms with Crippen molar-refractivity contribution < 1.29 is 9.59 Å². The number of nitrogens with zero attached hydrogens (tertiary/aromatic N) is 5. The number of nitrogens with two attached hydrogens (primary N) is 1. The first-order valence-corrected chi connectivity index (χ1v) is 12.2. The molecule has 0 saturated carbocycles. The number of amides is 2. The molecule has 0 radical (unpaired) electrons. The normalized spacial score (nSPS) is 20.3. The van der Waals surface area contributed by atoms with Gasteiger partial charge < -0.3 is 10.6 Å². The molecule has 0 fully saturated rings. The van der Waals surface area contributed by atoms with Crippen LogP contribution in [0.3, 0.4) is 0 Å². The van der Waals surface area contributed by atoms with Gasteiger partial charge in [-0.3, -0.25) is 24.5 Å².